The zero-order chi connectivity index (χ0) is 18.1. The third-order valence-electron chi connectivity index (χ3n) is 4.11. The maximum Gasteiger partial charge on any atom is 0.139 e. The average Bonchev–Trinajstić information content (AvgIpc) is 2.58. The largest absolute Gasteiger partial charge is 0.495 e. The molecule has 0 aliphatic rings. The van der Waals surface area contributed by atoms with Crippen molar-refractivity contribution in [2.45, 2.75) is 13.8 Å². The van der Waals surface area contributed by atoms with Gasteiger partial charge in [0.05, 0.1) is 39.6 Å². The maximum absolute atomic E-state index is 9.49. The molecule has 0 bridgehead atoms. The Morgan fingerprint density at radius 2 is 1.80 bits per heavy atom. The van der Waals surface area contributed by atoms with E-state index in [1.54, 1.807) is 18.3 Å². The third-order valence-corrected chi connectivity index (χ3v) is 4.71. The van der Waals surface area contributed by atoms with Crippen LogP contribution in [0.5, 0.6) is 5.75 Å². The van der Waals surface area contributed by atoms with E-state index < -0.39 is 0 Å². The van der Waals surface area contributed by atoms with Crippen molar-refractivity contribution in [3.05, 3.63) is 57.2 Å². The number of ether oxygens (including phenoxy) is 1. The van der Waals surface area contributed by atoms with Crippen molar-refractivity contribution in [2.24, 2.45) is 0 Å². The van der Waals surface area contributed by atoms with Gasteiger partial charge in [-0.15, -0.1) is 0 Å². The van der Waals surface area contributed by atoms with Gasteiger partial charge in [-0.25, -0.2) is 0 Å². The number of aromatic nitrogens is 1. The van der Waals surface area contributed by atoms with Crippen LogP contribution >= 0.6 is 23.2 Å². The molecule has 0 spiro atoms. The predicted molar refractivity (Wildman–Crippen MR) is 102 cm³/mol. The normalized spacial score (nSPS) is 10.6. The second kappa shape index (κ2) is 6.79. The summed E-state index contributed by atoms with van der Waals surface area (Å²) in [4.78, 5) is 4.39. The first-order valence-corrected chi connectivity index (χ1v) is 8.30. The van der Waals surface area contributed by atoms with Crippen LogP contribution in [0.25, 0.3) is 10.9 Å². The lowest BCUT2D eigenvalue weighted by atomic mass is 10.0. The monoisotopic (exact) mass is 371 g/mol. The molecule has 6 heteroatoms. The minimum atomic E-state index is 0.421. The lowest BCUT2D eigenvalue weighted by molar-refractivity contribution is 0.415. The van der Waals surface area contributed by atoms with Crippen LogP contribution in [0.4, 0.5) is 11.4 Å². The van der Waals surface area contributed by atoms with Gasteiger partial charge in [0.1, 0.15) is 11.8 Å². The van der Waals surface area contributed by atoms with Crippen LogP contribution < -0.4 is 10.1 Å². The maximum atomic E-state index is 9.49. The van der Waals surface area contributed by atoms with Crippen LogP contribution in [0.15, 0.2) is 30.5 Å². The molecule has 0 atom stereocenters. The second-order valence-electron chi connectivity index (χ2n) is 5.70. The van der Waals surface area contributed by atoms with Crippen molar-refractivity contribution in [3.8, 4) is 11.8 Å². The van der Waals surface area contributed by atoms with Crippen molar-refractivity contribution in [1.82, 2.24) is 4.98 Å². The Hall–Kier alpha value is -2.48. The number of pyridine rings is 1. The zero-order valence-electron chi connectivity index (χ0n) is 13.9. The number of benzene rings is 2. The molecule has 0 fully saturated rings. The lowest BCUT2D eigenvalue weighted by Gasteiger charge is -2.15. The minimum Gasteiger partial charge on any atom is -0.495 e. The van der Waals surface area contributed by atoms with Crippen LogP contribution in [-0.4, -0.2) is 12.1 Å². The molecular formula is C19H15Cl2N3O. The van der Waals surface area contributed by atoms with E-state index in [1.165, 1.54) is 7.11 Å². The number of nitrogens with one attached hydrogen (secondary N) is 1. The van der Waals surface area contributed by atoms with Crippen LogP contribution in [0.3, 0.4) is 0 Å². The summed E-state index contributed by atoms with van der Waals surface area (Å²) in [6, 6.07) is 9.51. The summed E-state index contributed by atoms with van der Waals surface area (Å²) in [6.07, 6.45) is 1.56. The number of hydrogen-bond acceptors (Lipinski definition) is 4. The van der Waals surface area contributed by atoms with Gasteiger partial charge >= 0.3 is 0 Å². The predicted octanol–water partition coefficient (Wildman–Crippen LogP) is 5.78. The first kappa shape index (κ1) is 17.3. The van der Waals surface area contributed by atoms with Crippen molar-refractivity contribution >= 4 is 45.5 Å². The van der Waals surface area contributed by atoms with Gasteiger partial charge in [-0.05, 0) is 43.2 Å². The molecule has 25 heavy (non-hydrogen) atoms. The standard InChI is InChI=1S/C19H15Cl2N3O/c1-10-4-13-16(5-11(10)2)23-9-12(8-22)19(13)24-17-7-18(25-3)15(21)6-14(17)20/h4-7,9H,1-3H3,(H,23,24). The quantitative estimate of drug-likeness (QED) is 0.633. The Bertz CT molecular complexity index is 1030. The number of rotatable bonds is 3. The highest BCUT2D eigenvalue weighted by molar-refractivity contribution is 6.37. The van der Waals surface area contributed by atoms with E-state index in [0.29, 0.717) is 32.7 Å². The molecule has 1 aromatic heterocycles. The Kier molecular flexibility index (Phi) is 4.71. The summed E-state index contributed by atoms with van der Waals surface area (Å²) in [5.74, 6) is 0.498. The van der Waals surface area contributed by atoms with Gasteiger partial charge in [0, 0.05) is 17.6 Å². The highest BCUT2D eigenvalue weighted by Gasteiger charge is 2.14. The summed E-state index contributed by atoms with van der Waals surface area (Å²) < 4.78 is 5.25. The first-order valence-electron chi connectivity index (χ1n) is 7.54. The van der Waals surface area contributed by atoms with Crippen LogP contribution in [0.2, 0.25) is 10.0 Å². The molecule has 1 heterocycles. The van der Waals surface area contributed by atoms with E-state index >= 15 is 0 Å². The number of aryl methyl sites for hydroxylation is 2. The number of anilines is 2. The zero-order valence-corrected chi connectivity index (χ0v) is 15.5. The van der Waals surface area contributed by atoms with Crippen molar-refractivity contribution in [2.75, 3.05) is 12.4 Å². The van der Waals surface area contributed by atoms with Gasteiger partial charge in [-0.1, -0.05) is 23.2 Å². The van der Waals surface area contributed by atoms with E-state index in [0.717, 1.165) is 22.0 Å². The molecule has 2 aromatic carbocycles. The molecular weight excluding hydrogens is 357 g/mol. The Labute approximate surface area is 156 Å². The number of halogens is 2. The molecule has 126 valence electrons. The molecule has 0 aliphatic carbocycles. The molecule has 0 amide bonds. The van der Waals surface area contributed by atoms with Crippen molar-refractivity contribution < 1.29 is 4.74 Å². The fourth-order valence-corrected chi connectivity index (χ4v) is 3.09. The second-order valence-corrected chi connectivity index (χ2v) is 6.52. The Morgan fingerprint density at radius 3 is 2.48 bits per heavy atom. The van der Waals surface area contributed by atoms with E-state index in [9.17, 15) is 5.26 Å². The number of nitriles is 1. The number of methoxy groups -OCH3 is 1. The van der Waals surface area contributed by atoms with Crippen LogP contribution in [0.1, 0.15) is 16.7 Å². The first-order chi connectivity index (χ1) is 11.9. The minimum absolute atomic E-state index is 0.421. The number of fused-ring (bicyclic) bond motifs is 1. The van der Waals surface area contributed by atoms with Gasteiger partial charge in [-0.3, -0.25) is 4.98 Å². The summed E-state index contributed by atoms with van der Waals surface area (Å²) >= 11 is 12.4. The smallest absolute Gasteiger partial charge is 0.139 e. The van der Waals surface area contributed by atoms with E-state index in [1.807, 2.05) is 26.0 Å². The fraction of sp³-hybridized carbons (Fsp3) is 0.158. The van der Waals surface area contributed by atoms with Gasteiger partial charge < -0.3 is 10.1 Å². The lowest BCUT2D eigenvalue weighted by Crippen LogP contribution is -1.99. The van der Waals surface area contributed by atoms with Gasteiger partial charge in [-0.2, -0.15) is 5.26 Å². The third kappa shape index (κ3) is 3.21. The topological polar surface area (TPSA) is 57.9 Å². The summed E-state index contributed by atoms with van der Waals surface area (Å²) in [7, 11) is 1.54. The van der Waals surface area contributed by atoms with Crippen LogP contribution in [-0.2, 0) is 0 Å². The molecule has 1 N–H and O–H groups in total. The highest BCUT2D eigenvalue weighted by atomic mass is 35.5. The molecule has 0 unspecified atom stereocenters. The highest BCUT2D eigenvalue weighted by Crippen LogP contribution is 2.38. The summed E-state index contributed by atoms with van der Waals surface area (Å²) in [6.45, 7) is 4.05. The van der Waals surface area contributed by atoms with E-state index in [-0.39, 0.29) is 0 Å². The molecule has 3 aromatic rings. The van der Waals surface area contributed by atoms with E-state index in [2.05, 4.69) is 16.4 Å². The fourth-order valence-electron chi connectivity index (χ4n) is 2.59. The molecule has 0 saturated carbocycles. The van der Waals surface area contributed by atoms with Gasteiger partial charge in [0.2, 0.25) is 0 Å². The molecule has 0 saturated heterocycles. The Morgan fingerprint density at radius 1 is 1.08 bits per heavy atom. The van der Waals surface area contributed by atoms with Gasteiger partial charge in [0.15, 0.2) is 0 Å². The van der Waals surface area contributed by atoms with Gasteiger partial charge in [0.25, 0.3) is 0 Å². The SMILES string of the molecule is COc1cc(Nc2c(C#N)cnc3cc(C)c(C)cc23)c(Cl)cc1Cl. The molecule has 3 rings (SSSR count). The van der Waals surface area contributed by atoms with Crippen molar-refractivity contribution in [3.63, 3.8) is 0 Å². The molecule has 0 radical (unpaired) electrons. The Balaban J connectivity index is 2.22. The number of nitrogens with zero attached hydrogens (tertiary/aromatic N) is 2. The van der Waals surface area contributed by atoms with E-state index in [4.69, 9.17) is 27.9 Å². The molecule has 0 aliphatic heterocycles. The summed E-state index contributed by atoms with van der Waals surface area (Å²) in [5.41, 5.74) is 4.75. The van der Waals surface area contributed by atoms with Crippen molar-refractivity contribution in [1.29, 1.82) is 5.26 Å². The number of hydrogen-bond donors (Lipinski definition) is 1. The molecule has 4 nitrogen and oxygen atoms in total. The summed E-state index contributed by atoms with van der Waals surface area (Å²) in [5, 5.41) is 14.4. The average molecular weight is 372 g/mol. The van der Waals surface area contributed by atoms with Crippen LogP contribution in [0, 0.1) is 25.2 Å².